The average Bonchev–Trinajstić information content (AvgIpc) is 2.08. The molecule has 0 aliphatic rings. The van der Waals surface area contributed by atoms with Crippen LogP contribution < -0.4 is 11.5 Å². The van der Waals surface area contributed by atoms with E-state index in [0.717, 1.165) is 17.6 Å². The van der Waals surface area contributed by atoms with Gasteiger partial charge in [-0.05, 0) is 31.3 Å². The molecule has 1 radical (unpaired) electrons. The number of nitrogens with two attached hydrogens (primary N) is 2. The lowest BCUT2D eigenvalue weighted by Gasteiger charge is -1.79. The largest absolute Gasteiger partial charge is 0.331 e. The first-order valence-corrected chi connectivity index (χ1v) is 5.03. The van der Waals surface area contributed by atoms with Gasteiger partial charge in [-0.2, -0.15) is 0 Å². The van der Waals surface area contributed by atoms with Gasteiger partial charge >= 0.3 is 0 Å². The molecule has 0 saturated heterocycles. The minimum atomic E-state index is 0.750. The predicted octanol–water partition coefficient (Wildman–Crippen LogP) is 2.18. The molecule has 13 heavy (non-hydrogen) atoms. The molecule has 0 fully saturated rings. The van der Waals surface area contributed by atoms with Crippen molar-refractivity contribution in [2.45, 2.75) is 13.8 Å². The van der Waals surface area contributed by atoms with Gasteiger partial charge in [-0.3, -0.25) is 0 Å². The van der Waals surface area contributed by atoms with Gasteiger partial charge in [0.2, 0.25) is 0 Å². The Hall–Kier alpha value is -0.380. The third-order valence-electron chi connectivity index (χ3n) is 0.678. The summed E-state index contributed by atoms with van der Waals surface area (Å²) in [4.78, 5) is 0. The summed E-state index contributed by atoms with van der Waals surface area (Å²) in [5.41, 5.74) is 9.69. The van der Waals surface area contributed by atoms with E-state index in [1.165, 1.54) is 0 Å². The van der Waals surface area contributed by atoms with Gasteiger partial charge in [-0.25, -0.2) is 0 Å². The zero-order valence-electron chi connectivity index (χ0n) is 8.26. The lowest BCUT2D eigenvalue weighted by molar-refractivity contribution is 1.14. The zero-order valence-corrected chi connectivity index (χ0v) is 9.84. The van der Waals surface area contributed by atoms with Gasteiger partial charge < -0.3 is 11.5 Å². The highest BCUT2D eigenvalue weighted by molar-refractivity contribution is 9.10. The van der Waals surface area contributed by atoms with Gasteiger partial charge in [0.15, 0.2) is 0 Å². The molecule has 0 aliphatic carbocycles. The van der Waals surface area contributed by atoms with Crippen LogP contribution in [-0.4, -0.2) is 13.1 Å². The highest BCUT2D eigenvalue weighted by Gasteiger charge is 1.74. The van der Waals surface area contributed by atoms with E-state index in [1.54, 1.807) is 0 Å². The Morgan fingerprint density at radius 3 is 1.62 bits per heavy atom. The van der Waals surface area contributed by atoms with Crippen LogP contribution in [0.3, 0.4) is 0 Å². The van der Waals surface area contributed by atoms with Crippen molar-refractivity contribution in [3.05, 3.63) is 34.8 Å². The lowest BCUT2D eigenvalue weighted by atomic mass is 10.4. The highest BCUT2D eigenvalue weighted by atomic mass is 79.9. The first-order chi connectivity index (χ1) is 6.22. The number of hydrogen-bond donors (Lipinski definition) is 2. The predicted molar refractivity (Wildman–Crippen MR) is 62.4 cm³/mol. The molecule has 0 amide bonds. The summed E-state index contributed by atoms with van der Waals surface area (Å²) in [6, 6.07) is 10.5. The average molecular weight is 246 g/mol. The van der Waals surface area contributed by atoms with Gasteiger partial charge in [-0.15, -0.1) is 0 Å². The third-order valence-corrected chi connectivity index (χ3v) is 1.21. The van der Waals surface area contributed by atoms with Gasteiger partial charge in [0, 0.05) is 4.47 Å². The number of hydrogen-bond acceptors (Lipinski definition) is 2. The fourth-order valence-corrected chi connectivity index (χ4v) is 0.631. The van der Waals surface area contributed by atoms with Crippen LogP contribution in [0.1, 0.15) is 13.8 Å². The van der Waals surface area contributed by atoms with E-state index in [9.17, 15) is 0 Å². The van der Waals surface area contributed by atoms with Crippen LogP contribution in [0, 0.1) is 6.07 Å². The molecule has 0 heterocycles. The summed E-state index contributed by atoms with van der Waals surface area (Å²) < 4.78 is 1.10. The molecule has 0 atom stereocenters. The highest BCUT2D eigenvalue weighted by Crippen LogP contribution is 2.04. The third kappa shape index (κ3) is 18.5. The van der Waals surface area contributed by atoms with Gasteiger partial charge in [-0.1, -0.05) is 41.9 Å². The summed E-state index contributed by atoms with van der Waals surface area (Å²) >= 11 is 3.29. The maximum atomic E-state index is 4.85. The van der Waals surface area contributed by atoms with Crippen molar-refractivity contribution >= 4 is 15.9 Å². The SMILES string of the molecule is Brc1cc[c]cc1.CCN.CCN. The number of benzene rings is 1. The summed E-state index contributed by atoms with van der Waals surface area (Å²) in [5.74, 6) is 0. The van der Waals surface area contributed by atoms with E-state index in [1.807, 2.05) is 38.1 Å². The van der Waals surface area contributed by atoms with Gasteiger partial charge in [0.25, 0.3) is 0 Å². The van der Waals surface area contributed by atoms with E-state index in [4.69, 9.17) is 11.5 Å². The van der Waals surface area contributed by atoms with Crippen LogP contribution in [-0.2, 0) is 0 Å². The molecular formula is C10H18BrN2. The Morgan fingerprint density at radius 1 is 1.15 bits per heavy atom. The minimum absolute atomic E-state index is 0.750. The maximum Gasteiger partial charge on any atom is 0.0175 e. The van der Waals surface area contributed by atoms with Crippen LogP contribution in [0.5, 0.6) is 0 Å². The molecule has 1 aromatic carbocycles. The van der Waals surface area contributed by atoms with Crippen molar-refractivity contribution in [2.75, 3.05) is 13.1 Å². The van der Waals surface area contributed by atoms with Crippen LogP contribution in [0.4, 0.5) is 0 Å². The van der Waals surface area contributed by atoms with Crippen LogP contribution in [0.2, 0.25) is 0 Å². The first-order valence-electron chi connectivity index (χ1n) is 4.24. The zero-order chi connectivity index (χ0) is 10.5. The van der Waals surface area contributed by atoms with Gasteiger partial charge in [0.1, 0.15) is 0 Å². The second kappa shape index (κ2) is 14.2. The molecule has 1 aromatic rings. The molecule has 4 N–H and O–H groups in total. The van der Waals surface area contributed by atoms with Crippen LogP contribution >= 0.6 is 15.9 Å². The lowest BCUT2D eigenvalue weighted by Crippen LogP contribution is -1.87. The van der Waals surface area contributed by atoms with Crippen LogP contribution in [0.25, 0.3) is 0 Å². The normalized spacial score (nSPS) is 7.46. The summed E-state index contributed by atoms with van der Waals surface area (Å²) in [6.45, 7) is 5.31. The summed E-state index contributed by atoms with van der Waals surface area (Å²) in [7, 11) is 0. The monoisotopic (exact) mass is 245 g/mol. The first kappa shape index (κ1) is 15.1. The van der Waals surface area contributed by atoms with Crippen molar-refractivity contribution < 1.29 is 0 Å². The van der Waals surface area contributed by atoms with E-state index < -0.39 is 0 Å². The Morgan fingerprint density at radius 2 is 1.46 bits per heavy atom. The quantitative estimate of drug-likeness (QED) is 0.737. The molecular weight excluding hydrogens is 228 g/mol. The summed E-state index contributed by atoms with van der Waals surface area (Å²) in [5, 5.41) is 0. The van der Waals surface area contributed by atoms with E-state index in [2.05, 4.69) is 22.0 Å². The molecule has 1 rings (SSSR count). The topological polar surface area (TPSA) is 52.0 Å². The van der Waals surface area contributed by atoms with E-state index >= 15 is 0 Å². The van der Waals surface area contributed by atoms with Crippen LogP contribution in [0.15, 0.2) is 28.7 Å². The Kier molecular flexibility index (Phi) is 16.5. The number of rotatable bonds is 0. The van der Waals surface area contributed by atoms with E-state index in [-0.39, 0.29) is 0 Å². The fourth-order valence-electron chi connectivity index (χ4n) is 0.367. The molecule has 2 nitrogen and oxygen atoms in total. The molecule has 0 spiro atoms. The standard InChI is InChI=1S/C6H4Br.2C2H7N/c7-6-4-2-1-3-5-6;2*1-2-3/h2-5H;2*2-3H2,1H3. The second-order valence-electron chi connectivity index (χ2n) is 2.03. The maximum absolute atomic E-state index is 4.85. The van der Waals surface area contributed by atoms with Gasteiger partial charge in [0.05, 0.1) is 0 Å². The molecule has 0 bridgehead atoms. The van der Waals surface area contributed by atoms with E-state index in [0.29, 0.717) is 0 Å². The Labute approximate surface area is 89.5 Å². The molecule has 0 saturated carbocycles. The van der Waals surface area contributed by atoms with Crippen molar-refractivity contribution in [3.63, 3.8) is 0 Å². The molecule has 75 valence electrons. The molecule has 0 aromatic heterocycles. The Balaban J connectivity index is 0. The Bertz CT molecular complexity index is 164. The molecule has 0 unspecified atom stereocenters. The number of halogens is 1. The van der Waals surface area contributed by atoms with Crippen molar-refractivity contribution in [1.29, 1.82) is 0 Å². The summed E-state index contributed by atoms with van der Waals surface area (Å²) in [6.07, 6.45) is 0. The second-order valence-corrected chi connectivity index (χ2v) is 2.95. The molecule has 3 heteroatoms. The van der Waals surface area contributed by atoms with Crippen molar-refractivity contribution in [3.8, 4) is 0 Å². The fraction of sp³-hybridized carbons (Fsp3) is 0.400. The van der Waals surface area contributed by atoms with Crippen molar-refractivity contribution in [1.82, 2.24) is 0 Å². The molecule has 0 aliphatic heterocycles. The smallest absolute Gasteiger partial charge is 0.0175 e. The van der Waals surface area contributed by atoms with Crippen molar-refractivity contribution in [2.24, 2.45) is 11.5 Å². The minimum Gasteiger partial charge on any atom is -0.331 e.